The van der Waals surface area contributed by atoms with Gasteiger partial charge >= 0.3 is 4.87 Å². The molecule has 1 unspecified atom stereocenters. The van der Waals surface area contributed by atoms with Gasteiger partial charge in [0.05, 0.1) is 15.1 Å². The first kappa shape index (κ1) is 16.2. The molecule has 5 nitrogen and oxygen atoms in total. The fourth-order valence-electron chi connectivity index (χ4n) is 1.96. The molecule has 1 aromatic carbocycles. The van der Waals surface area contributed by atoms with E-state index in [9.17, 15) is 13.2 Å². The highest BCUT2D eigenvalue weighted by Gasteiger charge is 2.20. The Bertz CT molecular complexity index is 803. The second-order valence-corrected chi connectivity index (χ2v) is 8.10. The Balaban J connectivity index is 2.46. The zero-order valence-corrected chi connectivity index (χ0v) is 14.2. The van der Waals surface area contributed by atoms with Gasteiger partial charge in [-0.05, 0) is 38.0 Å². The number of sulfonamides is 1. The van der Waals surface area contributed by atoms with Crippen molar-refractivity contribution < 1.29 is 8.42 Å². The molecule has 2 aromatic rings. The molecule has 7 heteroatoms. The number of nitrogens with one attached hydrogen (secondary N) is 1. The van der Waals surface area contributed by atoms with Gasteiger partial charge in [-0.3, -0.25) is 9.36 Å². The van der Waals surface area contributed by atoms with Gasteiger partial charge in [0, 0.05) is 12.6 Å². The van der Waals surface area contributed by atoms with Gasteiger partial charge in [-0.1, -0.05) is 25.2 Å². The van der Waals surface area contributed by atoms with Gasteiger partial charge in [0.2, 0.25) is 10.0 Å². The van der Waals surface area contributed by atoms with Crippen molar-refractivity contribution in [3.05, 3.63) is 27.9 Å². The van der Waals surface area contributed by atoms with Crippen molar-refractivity contribution in [2.75, 3.05) is 0 Å². The van der Waals surface area contributed by atoms with Crippen LogP contribution >= 0.6 is 11.3 Å². The summed E-state index contributed by atoms with van der Waals surface area (Å²) in [6.45, 7) is 8.23. The Morgan fingerprint density at radius 1 is 1.29 bits per heavy atom. The average Bonchev–Trinajstić information content (AvgIpc) is 2.72. The molecule has 0 amide bonds. The number of hydrogen-bond acceptors (Lipinski definition) is 4. The van der Waals surface area contributed by atoms with Crippen molar-refractivity contribution in [3.8, 4) is 0 Å². The minimum atomic E-state index is -3.56. The van der Waals surface area contributed by atoms with Gasteiger partial charge in [-0.2, -0.15) is 0 Å². The smallest absolute Gasteiger partial charge is 0.299 e. The zero-order chi connectivity index (χ0) is 15.8. The zero-order valence-electron chi connectivity index (χ0n) is 12.6. The number of fused-ring (bicyclic) bond motifs is 1. The van der Waals surface area contributed by atoms with Crippen molar-refractivity contribution in [2.24, 2.45) is 5.92 Å². The number of aryl methyl sites for hydroxylation is 1. The predicted molar refractivity (Wildman–Crippen MR) is 86.4 cm³/mol. The van der Waals surface area contributed by atoms with E-state index < -0.39 is 10.0 Å². The molecule has 0 aliphatic heterocycles. The van der Waals surface area contributed by atoms with Gasteiger partial charge < -0.3 is 0 Å². The maximum atomic E-state index is 12.4. The molecular weight excluding hydrogens is 308 g/mol. The summed E-state index contributed by atoms with van der Waals surface area (Å²) in [5.41, 5.74) is 0.781. The summed E-state index contributed by atoms with van der Waals surface area (Å²) in [5.74, 6) is 0.209. The molecule has 0 saturated heterocycles. The van der Waals surface area contributed by atoms with Crippen LogP contribution in [0.5, 0.6) is 0 Å². The first-order chi connectivity index (χ1) is 9.76. The predicted octanol–water partition coefficient (Wildman–Crippen LogP) is 2.41. The molecule has 21 heavy (non-hydrogen) atoms. The van der Waals surface area contributed by atoms with Crippen LogP contribution in [-0.2, 0) is 16.6 Å². The Hall–Kier alpha value is -1.18. The van der Waals surface area contributed by atoms with Gasteiger partial charge in [0.25, 0.3) is 0 Å². The minimum Gasteiger partial charge on any atom is -0.299 e. The van der Waals surface area contributed by atoms with E-state index in [2.05, 4.69) is 4.72 Å². The maximum Gasteiger partial charge on any atom is 0.308 e. The molecule has 0 spiro atoms. The fraction of sp³-hybridized carbons (Fsp3) is 0.500. The Labute approximate surface area is 128 Å². The molecule has 0 saturated carbocycles. The Morgan fingerprint density at radius 3 is 2.52 bits per heavy atom. The molecule has 0 radical (unpaired) electrons. The molecule has 0 aliphatic rings. The monoisotopic (exact) mass is 328 g/mol. The number of hydrogen-bond donors (Lipinski definition) is 1. The van der Waals surface area contributed by atoms with E-state index >= 15 is 0 Å². The number of rotatable bonds is 5. The molecular formula is C14H20N2O3S2. The number of benzene rings is 1. The van der Waals surface area contributed by atoms with Crippen LogP contribution in [0.25, 0.3) is 10.2 Å². The number of nitrogens with zero attached hydrogens (tertiary/aromatic N) is 1. The van der Waals surface area contributed by atoms with Crippen LogP contribution in [-0.4, -0.2) is 19.0 Å². The average molecular weight is 328 g/mol. The molecule has 1 heterocycles. The lowest BCUT2D eigenvalue weighted by atomic mass is 10.1. The maximum absolute atomic E-state index is 12.4. The number of thiazole rings is 1. The molecule has 116 valence electrons. The van der Waals surface area contributed by atoms with Crippen molar-refractivity contribution in [1.82, 2.24) is 9.29 Å². The summed E-state index contributed by atoms with van der Waals surface area (Å²) in [6.07, 6.45) is 0. The summed E-state index contributed by atoms with van der Waals surface area (Å²) in [4.78, 5) is 12.0. The lowest BCUT2D eigenvalue weighted by Gasteiger charge is -2.17. The quantitative estimate of drug-likeness (QED) is 0.916. The van der Waals surface area contributed by atoms with Crippen LogP contribution < -0.4 is 9.60 Å². The van der Waals surface area contributed by atoms with E-state index in [1.165, 1.54) is 0 Å². The molecule has 1 atom stereocenters. The van der Waals surface area contributed by atoms with Crippen LogP contribution in [0.2, 0.25) is 0 Å². The first-order valence-electron chi connectivity index (χ1n) is 6.92. The SMILES string of the molecule is CCn1c(=O)sc2cc(S(=O)(=O)NC(C)C(C)C)ccc21. The topological polar surface area (TPSA) is 68.2 Å². The van der Waals surface area contributed by atoms with Crippen LogP contribution in [0.1, 0.15) is 27.7 Å². The van der Waals surface area contributed by atoms with Crippen molar-refractivity contribution in [1.29, 1.82) is 0 Å². The third kappa shape index (κ3) is 3.20. The standard InChI is InChI=1S/C14H20N2O3S2/c1-5-16-12-7-6-11(8-13(12)20-14(16)17)21(18,19)15-10(4)9(2)3/h6-10,15H,5H2,1-4H3. The third-order valence-corrected chi connectivity index (χ3v) is 6.11. The van der Waals surface area contributed by atoms with E-state index in [1.807, 2.05) is 27.7 Å². The third-order valence-electron chi connectivity index (χ3n) is 3.61. The summed E-state index contributed by atoms with van der Waals surface area (Å²) in [5, 5.41) is 0. The number of aromatic nitrogens is 1. The Kier molecular flexibility index (Phi) is 4.55. The lowest BCUT2D eigenvalue weighted by molar-refractivity contribution is 0.476. The molecule has 2 rings (SSSR count). The Morgan fingerprint density at radius 2 is 1.95 bits per heavy atom. The second-order valence-electron chi connectivity index (χ2n) is 5.40. The van der Waals surface area contributed by atoms with Gasteiger partial charge in [-0.15, -0.1) is 0 Å². The van der Waals surface area contributed by atoms with Crippen LogP contribution in [0.4, 0.5) is 0 Å². The largest absolute Gasteiger partial charge is 0.308 e. The normalized spacial score (nSPS) is 14.0. The highest BCUT2D eigenvalue weighted by atomic mass is 32.2. The molecule has 1 N–H and O–H groups in total. The minimum absolute atomic E-state index is 0.0643. The van der Waals surface area contributed by atoms with E-state index in [1.54, 1.807) is 22.8 Å². The summed E-state index contributed by atoms with van der Waals surface area (Å²) >= 11 is 1.07. The van der Waals surface area contributed by atoms with Gasteiger partial charge in [0.1, 0.15) is 0 Å². The highest BCUT2D eigenvalue weighted by molar-refractivity contribution is 7.89. The molecule has 0 aliphatic carbocycles. The van der Waals surface area contributed by atoms with Crippen LogP contribution in [0, 0.1) is 5.92 Å². The van der Waals surface area contributed by atoms with E-state index in [-0.39, 0.29) is 21.7 Å². The molecule has 1 aromatic heterocycles. The summed E-state index contributed by atoms with van der Waals surface area (Å²) in [7, 11) is -3.56. The van der Waals surface area contributed by atoms with Crippen LogP contribution in [0.3, 0.4) is 0 Å². The highest BCUT2D eigenvalue weighted by Crippen LogP contribution is 2.22. The van der Waals surface area contributed by atoms with Crippen molar-refractivity contribution in [2.45, 2.75) is 45.2 Å². The van der Waals surface area contributed by atoms with Crippen molar-refractivity contribution >= 4 is 31.6 Å². The van der Waals surface area contributed by atoms with Crippen molar-refractivity contribution in [3.63, 3.8) is 0 Å². The molecule has 0 bridgehead atoms. The summed E-state index contributed by atoms with van der Waals surface area (Å²) in [6, 6.07) is 4.68. The van der Waals surface area contributed by atoms with Gasteiger partial charge in [0.15, 0.2) is 0 Å². The summed E-state index contributed by atoms with van der Waals surface area (Å²) < 4.78 is 29.7. The van der Waals surface area contributed by atoms with E-state index in [4.69, 9.17) is 0 Å². The molecule has 0 fully saturated rings. The first-order valence-corrected chi connectivity index (χ1v) is 9.22. The van der Waals surface area contributed by atoms with Gasteiger partial charge in [-0.25, -0.2) is 13.1 Å². The van der Waals surface area contributed by atoms with E-state index in [0.717, 1.165) is 16.9 Å². The fourth-order valence-corrected chi connectivity index (χ4v) is 4.45. The van der Waals surface area contributed by atoms with E-state index in [0.29, 0.717) is 11.2 Å². The van der Waals surface area contributed by atoms with Crippen LogP contribution in [0.15, 0.2) is 27.9 Å². The lowest BCUT2D eigenvalue weighted by Crippen LogP contribution is -2.36. The second kappa shape index (κ2) is 5.90.